The Bertz CT molecular complexity index is 785. The number of carbonyl (C=O) groups excluding carboxylic acids is 1. The maximum Gasteiger partial charge on any atom is 0.236 e. The quantitative estimate of drug-likeness (QED) is 0.705. The summed E-state index contributed by atoms with van der Waals surface area (Å²) < 4.78 is 0. The molecule has 0 aliphatic carbocycles. The zero-order valence-corrected chi connectivity index (χ0v) is 14.2. The fourth-order valence-electron chi connectivity index (χ4n) is 1.92. The molecule has 1 amide bonds. The van der Waals surface area contributed by atoms with Gasteiger partial charge in [-0.25, -0.2) is 4.98 Å². The van der Waals surface area contributed by atoms with Crippen molar-refractivity contribution in [3.8, 4) is 11.3 Å². The second kappa shape index (κ2) is 7.39. The molecule has 1 aromatic carbocycles. The van der Waals surface area contributed by atoms with Crippen molar-refractivity contribution in [1.82, 2.24) is 9.97 Å². The van der Waals surface area contributed by atoms with Gasteiger partial charge in [0, 0.05) is 28.2 Å². The number of thiazole rings is 1. The monoisotopic (exact) mass is 341 g/mol. The number of benzene rings is 1. The van der Waals surface area contributed by atoms with Crippen LogP contribution in [-0.4, -0.2) is 21.6 Å². The molecule has 4 nitrogen and oxygen atoms in total. The Morgan fingerprint density at radius 2 is 2.09 bits per heavy atom. The molecule has 0 radical (unpaired) electrons. The molecule has 0 fully saturated rings. The highest BCUT2D eigenvalue weighted by Gasteiger charge is 2.08. The highest BCUT2D eigenvalue weighted by molar-refractivity contribution is 8.00. The Balaban J connectivity index is 1.56. The number of thioether (sulfide) groups is 1. The lowest BCUT2D eigenvalue weighted by Crippen LogP contribution is -2.13. The maximum atomic E-state index is 12.0. The molecule has 2 heterocycles. The van der Waals surface area contributed by atoms with Crippen molar-refractivity contribution < 1.29 is 4.79 Å². The Labute approximate surface area is 143 Å². The summed E-state index contributed by atoms with van der Waals surface area (Å²) in [5, 5.41) is 5.37. The van der Waals surface area contributed by atoms with E-state index < -0.39 is 0 Å². The Morgan fingerprint density at radius 3 is 2.83 bits per heavy atom. The van der Waals surface area contributed by atoms with Crippen molar-refractivity contribution in [3.05, 3.63) is 59.7 Å². The summed E-state index contributed by atoms with van der Waals surface area (Å²) in [5.74, 6) is 0.313. The van der Waals surface area contributed by atoms with Crippen LogP contribution in [-0.2, 0) is 4.79 Å². The van der Waals surface area contributed by atoms with E-state index in [-0.39, 0.29) is 5.91 Å². The van der Waals surface area contributed by atoms with Gasteiger partial charge >= 0.3 is 0 Å². The summed E-state index contributed by atoms with van der Waals surface area (Å²) >= 11 is 2.93. The van der Waals surface area contributed by atoms with E-state index in [0.717, 1.165) is 16.2 Å². The molecule has 0 atom stereocenters. The molecule has 0 aliphatic rings. The van der Waals surface area contributed by atoms with Crippen molar-refractivity contribution in [3.63, 3.8) is 0 Å². The van der Waals surface area contributed by atoms with Crippen molar-refractivity contribution in [2.24, 2.45) is 0 Å². The van der Waals surface area contributed by atoms with Gasteiger partial charge in [0.05, 0.1) is 11.4 Å². The minimum atomic E-state index is -0.0531. The maximum absolute atomic E-state index is 12.0. The van der Waals surface area contributed by atoms with Crippen LogP contribution in [0.4, 0.5) is 5.13 Å². The number of aryl methyl sites for hydroxylation is 1. The van der Waals surface area contributed by atoms with Gasteiger partial charge in [0.25, 0.3) is 0 Å². The van der Waals surface area contributed by atoms with Crippen LogP contribution in [0.5, 0.6) is 0 Å². The fourth-order valence-corrected chi connectivity index (χ4v) is 3.35. The largest absolute Gasteiger partial charge is 0.301 e. The molecule has 1 N–H and O–H groups in total. The lowest BCUT2D eigenvalue weighted by molar-refractivity contribution is -0.113. The van der Waals surface area contributed by atoms with Crippen LogP contribution in [0.25, 0.3) is 11.3 Å². The third kappa shape index (κ3) is 4.40. The molecule has 0 aliphatic heterocycles. The first-order chi connectivity index (χ1) is 11.2. The highest BCUT2D eigenvalue weighted by atomic mass is 32.2. The molecule has 0 saturated carbocycles. The number of aromatic nitrogens is 2. The Kier molecular flexibility index (Phi) is 5.05. The predicted octanol–water partition coefficient (Wildman–Crippen LogP) is 4.24. The van der Waals surface area contributed by atoms with E-state index in [9.17, 15) is 4.79 Å². The molecular formula is C17H15N3OS2. The molecule has 2 aromatic heterocycles. The van der Waals surface area contributed by atoms with Crippen molar-refractivity contribution in [2.75, 3.05) is 11.1 Å². The van der Waals surface area contributed by atoms with E-state index in [1.807, 2.05) is 48.7 Å². The lowest BCUT2D eigenvalue weighted by Gasteiger charge is -2.02. The molecular weight excluding hydrogens is 326 g/mol. The molecule has 0 saturated heterocycles. The average Bonchev–Trinajstić information content (AvgIpc) is 3.04. The van der Waals surface area contributed by atoms with Gasteiger partial charge in [-0.2, -0.15) is 0 Å². The number of anilines is 1. The first-order valence-corrected chi connectivity index (χ1v) is 8.92. The van der Waals surface area contributed by atoms with Crippen molar-refractivity contribution >= 4 is 34.1 Å². The standard InChI is InChI=1S/C17H15N3OS2/c1-12-4-6-14(7-5-12)22-11-16(21)20-17-19-15(10-23-17)13-3-2-8-18-9-13/h2-10H,11H2,1H3,(H,19,20,21). The molecule has 0 spiro atoms. The van der Waals surface area contributed by atoms with Gasteiger partial charge in [0.1, 0.15) is 0 Å². The minimum absolute atomic E-state index is 0.0531. The van der Waals surface area contributed by atoms with Crippen molar-refractivity contribution in [1.29, 1.82) is 0 Å². The Morgan fingerprint density at radius 1 is 1.26 bits per heavy atom. The zero-order valence-electron chi connectivity index (χ0n) is 12.5. The SMILES string of the molecule is Cc1ccc(SCC(=O)Nc2nc(-c3cccnc3)cs2)cc1. The first kappa shape index (κ1) is 15.7. The third-order valence-electron chi connectivity index (χ3n) is 3.10. The van der Waals surface area contributed by atoms with Gasteiger partial charge in [0.2, 0.25) is 5.91 Å². The van der Waals surface area contributed by atoms with E-state index >= 15 is 0 Å². The number of hydrogen-bond donors (Lipinski definition) is 1. The molecule has 0 unspecified atom stereocenters. The minimum Gasteiger partial charge on any atom is -0.301 e. The van der Waals surface area contributed by atoms with E-state index in [2.05, 4.69) is 15.3 Å². The number of rotatable bonds is 5. The average molecular weight is 341 g/mol. The van der Waals surface area contributed by atoms with Crippen LogP contribution in [0.2, 0.25) is 0 Å². The van der Waals surface area contributed by atoms with Gasteiger partial charge < -0.3 is 5.32 Å². The Hall–Kier alpha value is -2.18. The number of carbonyl (C=O) groups is 1. The van der Waals surface area contributed by atoms with Gasteiger partial charge in [-0.05, 0) is 31.2 Å². The highest BCUT2D eigenvalue weighted by Crippen LogP contribution is 2.24. The van der Waals surface area contributed by atoms with E-state index in [1.165, 1.54) is 28.7 Å². The third-order valence-corrected chi connectivity index (χ3v) is 4.87. The summed E-state index contributed by atoms with van der Waals surface area (Å²) in [4.78, 5) is 21.6. The topological polar surface area (TPSA) is 54.9 Å². The van der Waals surface area contributed by atoms with Crippen LogP contribution in [0.1, 0.15) is 5.56 Å². The molecule has 3 rings (SSSR count). The van der Waals surface area contributed by atoms with Crippen LogP contribution in [0.3, 0.4) is 0 Å². The second-order valence-corrected chi connectivity index (χ2v) is 6.84. The summed E-state index contributed by atoms with van der Waals surface area (Å²) in [5.41, 5.74) is 2.98. The van der Waals surface area contributed by atoms with Gasteiger partial charge in [-0.3, -0.25) is 9.78 Å². The lowest BCUT2D eigenvalue weighted by atomic mass is 10.2. The number of hydrogen-bond acceptors (Lipinski definition) is 5. The van der Waals surface area contributed by atoms with Gasteiger partial charge in [-0.15, -0.1) is 23.1 Å². The van der Waals surface area contributed by atoms with Gasteiger partial charge in [-0.1, -0.05) is 17.7 Å². The first-order valence-electron chi connectivity index (χ1n) is 7.06. The van der Waals surface area contributed by atoms with E-state index in [4.69, 9.17) is 0 Å². The molecule has 0 bridgehead atoms. The molecule has 116 valence electrons. The molecule has 6 heteroatoms. The predicted molar refractivity (Wildman–Crippen MR) is 95.9 cm³/mol. The zero-order chi connectivity index (χ0) is 16.1. The number of amides is 1. The summed E-state index contributed by atoms with van der Waals surface area (Å²) in [7, 11) is 0. The van der Waals surface area contributed by atoms with E-state index in [1.54, 1.807) is 12.4 Å². The van der Waals surface area contributed by atoms with E-state index in [0.29, 0.717) is 10.9 Å². The van der Waals surface area contributed by atoms with Crippen LogP contribution >= 0.6 is 23.1 Å². The number of nitrogens with one attached hydrogen (secondary N) is 1. The summed E-state index contributed by atoms with van der Waals surface area (Å²) in [6.07, 6.45) is 3.48. The van der Waals surface area contributed by atoms with Crippen LogP contribution in [0.15, 0.2) is 59.1 Å². The van der Waals surface area contributed by atoms with Gasteiger partial charge in [0.15, 0.2) is 5.13 Å². The van der Waals surface area contributed by atoms with Crippen molar-refractivity contribution in [2.45, 2.75) is 11.8 Å². The molecule has 23 heavy (non-hydrogen) atoms. The number of pyridine rings is 1. The smallest absolute Gasteiger partial charge is 0.236 e. The summed E-state index contributed by atoms with van der Waals surface area (Å²) in [6, 6.07) is 11.9. The van der Waals surface area contributed by atoms with Crippen LogP contribution in [0, 0.1) is 6.92 Å². The fraction of sp³-hybridized carbons (Fsp3) is 0.118. The second-order valence-electron chi connectivity index (χ2n) is 4.93. The normalized spacial score (nSPS) is 10.5. The number of nitrogens with zero attached hydrogens (tertiary/aromatic N) is 2. The van der Waals surface area contributed by atoms with Crippen LogP contribution < -0.4 is 5.32 Å². The molecule has 3 aromatic rings. The summed E-state index contributed by atoms with van der Waals surface area (Å²) in [6.45, 7) is 2.05.